The van der Waals surface area contributed by atoms with E-state index in [0.717, 1.165) is 31.9 Å². The Bertz CT molecular complexity index is 301. The Kier molecular flexibility index (Phi) is 2.54. The first-order chi connectivity index (χ1) is 6.75. The van der Waals surface area contributed by atoms with Gasteiger partial charge in [-0.25, -0.2) is 4.39 Å². The standard InChI is InChI=1S/C10H14FN3/c11-8-5-9(12)7-10(6-8)14-3-1-13-2-4-14/h5-7,13H,1-4,12H2. The molecule has 0 saturated carbocycles. The highest BCUT2D eigenvalue weighted by molar-refractivity contribution is 5.56. The minimum Gasteiger partial charge on any atom is -0.399 e. The molecule has 4 heteroatoms. The second-order valence-electron chi connectivity index (χ2n) is 3.48. The van der Waals surface area contributed by atoms with Crippen LogP contribution in [0.2, 0.25) is 0 Å². The van der Waals surface area contributed by atoms with Gasteiger partial charge in [-0.3, -0.25) is 0 Å². The van der Waals surface area contributed by atoms with E-state index < -0.39 is 0 Å². The molecule has 0 bridgehead atoms. The van der Waals surface area contributed by atoms with E-state index in [-0.39, 0.29) is 5.82 Å². The molecule has 1 saturated heterocycles. The molecule has 2 rings (SSSR count). The fourth-order valence-electron chi connectivity index (χ4n) is 1.70. The molecule has 0 unspecified atom stereocenters. The van der Waals surface area contributed by atoms with Gasteiger partial charge in [0.05, 0.1) is 0 Å². The van der Waals surface area contributed by atoms with Crippen LogP contribution >= 0.6 is 0 Å². The van der Waals surface area contributed by atoms with Crippen molar-refractivity contribution < 1.29 is 4.39 Å². The molecule has 3 nitrogen and oxygen atoms in total. The van der Waals surface area contributed by atoms with Crippen molar-refractivity contribution in [3.8, 4) is 0 Å². The van der Waals surface area contributed by atoms with Crippen LogP contribution in [-0.2, 0) is 0 Å². The normalized spacial score (nSPS) is 17.1. The maximum atomic E-state index is 13.1. The summed E-state index contributed by atoms with van der Waals surface area (Å²) in [6, 6.07) is 4.68. The number of hydrogen-bond donors (Lipinski definition) is 2. The summed E-state index contributed by atoms with van der Waals surface area (Å²) >= 11 is 0. The first kappa shape index (κ1) is 9.27. The zero-order valence-corrected chi connectivity index (χ0v) is 7.96. The Balaban J connectivity index is 2.21. The van der Waals surface area contributed by atoms with Crippen molar-refractivity contribution in [1.29, 1.82) is 0 Å². The molecule has 14 heavy (non-hydrogen) atoms. The van der Waals surface area contributed by atoms with Crippen LogP contribution < -0.4 is 16.0 Å². The molecule has 3 N–H and O–H groups in total. The molecular weight excluding hydrogens is 181 g/mol. The van der Waals surface area contributed by atoms with Crippen LogP contribution in [0, 0.1) is 5.82 Å². The zero-order chi connectivity index (χ0) is 9.97. The molecule has 1 heterocycles. The van der Waals surface area contributed by atoms with Gasteiger partial charge in [-0.05, 0) is 18.2 Å². The van der Waals surface area contributed by atoms with Crippen LogP contribution in [-0.4, -0.2) is 26.2 Å². The van der Waals surface area contributed by atoms with Gasteiger partial charge in [0, 0.05) is 37.6 Å². The first-order valence-corrected chi connectivity index (χ1v) is 4.77. The molecule has 0 amide bonds. The fraction of sp³-hybridized carbons (Fsp3) is 0.400. The lowest BCUT2D eigenvalue weighted by Crippen LogP contribution is -2.43. The Morgan fingerprint density at radius 2 is 1.93 bits per heavy atom. The SMILES string of the molecule is Nc1cc(F)cc(N2CCNCC2)c1. The van der Waals surface area contributed by atoms with Gasteiger partial charge >= 0.3 is 0 Å². The second-order valence-corrected chi connectivity index (χ2v) is 3.48. The van der Waals surface area contributed by atoms with Crippen molar-refractivity contribution in [3.63, 3.8) is 0 Å². The Morgan fingerprint density at radius 1 is 1.21 bits per heavy atom. The summed E-state index contributed by atoms with van der Waals surface area (Å²) < 4.78 is 13.1. The Morgan fingerprint density at radius 3 is 2.57 bits per heavy atom. The number of halogens is 1. The third-order valence-corrected chi connectivity index (χ3v) is 2.39. The van der Waals surface area contributed by atoms with Gasteiger partial charge in [0.25, 0.3) is 0 Å². The average Bonchev–Trinajstić information content (AvgIpc) is 2.18. The van der Waals surface area contributed by atoms with Crippen molar-refractivity contribution in [3.05, 3.63) is 24.0 Å². The smallest absolute Gasteiger partial charge is 0.127 e. The highest BCUT2D eigenvalue weighted by Crippen LogP contribution is 2.20. The van der Waals surface area contributed by atoms with Gasteiger partial charge in [-0.15, -0.1) is 0 Å². The molecule has 0 spiro atoms. The van der Waals surface area contributed by atoms with Crippen molar-refractivity contribution in [1.82, 2.24) is 5.32 Å². The Hall–Kier alpha value is -1.29. The monoisotopic (exact) mass is 195 g/mol. The molecule has 1 fully saturated rings. The summed E-state index contributed by atoms with van der Waals surface area (Å²) in [6.45, 7) is 3.69. The molecule has 1 aliphatic heterocycles. The lowest BCUT2D eigenvalue weighted by molar-refractivity contribution is 0.585. The predicted molar refractivity (Wildman–Crippen MR) is 55.9 cm³/mol. The van der Waals surface area contributed by atoms with Crippen molar-refractivity contribution in [2.45, 2.75) is 0 Å². The lowest BCUT2D eigenvalue weighted by atomic mass is 10.2. The number of nitrogens with one attached hydrogen (secondary N) is 1. The first-order valence-electron chi connectivity index (χ1n) is 4.77. The van der Waals surface area contributed by atoms with Gasteiger partial charge in [-0.2, -0.15) is 0 Å². The van der Waals surface area contributed by atoms with Gasteiger partial charge in [0.15, 0.2) is 0 Å². The van der Waals surface area contributed by atoms with E-state index in [1.165, 1.54) is 12.1 Å². The molecule has 0 radical (unpaired) electrons. The number of nitrogens with two attached hydrogens (primary N) is 1. The van der Waals surface area contributed by atoms with Crippen molar-refractivity contribution in [2.24, 2.45) is 0 Å². The highest BCUT2D eigenvalue weighted by Gasteiger charge is 2.11. The lowest BCUT2D eigenvalue weighted by Gasteiger charge is -2.29. The van der Waals surface area contributed by atoms with Crippen LogP contribution in [0.3, 0.4) is 0 Å². The average molecular weight is 195 g/mol. The van der Waals surface area contributed by atoms with Crippen LogP contribution in [0.25, 0.3) is 0 Å². The fourth-order valence-corrected chi connectivity index (χ4v) is 1.70. The Labute approximate surface area is 82.7 Å². The molecule has 1 aromatic carbocycles. The minimum absolute atomic E-state index is 0.265. The number of rotatable bonds is 1. The summed E-state index contributed by atoms with van der Waals surface area (Å²) in [5, 5.41) is 3.25. The predicted octanol–water partition coefficient (Wildman–Crippen LogP) is 0.817. The summed E-state index contributed by atoms with van der Waals surface area (Å²) in [7, 11) is 0. The molecule has 1 aromatic rings. The number of nitrogen functional groups attached to an aromatic ring is 1. The summed E-state index contributed by atoms with van der Waals surface area (Å²) in [6.07, 6.45) is 0. The van der Waals surface area contributed by atoms with Crippen molar-refractivity contribution in [2.75, 3.05) is 36.8 Å². The highest BCUT2D eigenvalue weighted by atomic mass is 19.1. The van der Waals surface area contributed by atoms with E-state index in [4.69, 9.17) is 5.73 Å². The van der Waals surface area contributed by atoms with E-state index in [1.54, 1.807) is 0 Å². The maximum Gasteiger partial charge on any atom is 0.127 e. The molecule has 0 atom stereocenters. The van der Waals surface area contributed by atoms with Crippen LogP contribution in [0.4, 0.5) is 15.8 Å². The van der Waals surface area contributed by atoms with E-state index in [9.17, 15) is 4.39 Å². The number of benzene rings is 1. The minimum atomic E-state index is -0.265. The number of anilines is 2. The number of hydrogen-bond acceptors (Lipinski definition) is 3. The van der Waals surface area contributed by atoms with Gasteiger partial charge in [-0.1, -0.05) is 0 Å². The molecule has 76 valence electrons. The van der Waals surface area contributed by atoms with E-state index >= 15 is 0 Å². The molecule has 0 aromatic heterocycles. The van der Waals surface area contributed by atoms with Gasteiger partial charge in [0.2, 0.25) is 0 Å². The van der Waals surface area contributed by atoms with E-state index in [0.29, 0.717) is 5.69 Å². The number of piperazine rings is 1. The third-order valence-electron chi connectivity index (χ3n) is 2.39. The maximum absolute atomic E-state index is 13.1. The molecule has 1 aliphatic rings. The molecule has 0 aliphatic carbocycles. The van der Waals surface area contributed by atoms with E-state index in [1.807, 2.05) is 6.07 Å². The van der Waals surface area contributed by atoms with Crippen LogP contribution in [0.15, 0.2) is 18.2 Å². The third kappa shape index (κ3) is 1.96. The number of nitrogens with zero attached hydrogens (tertiary/aromatic N) is 1. The van der Waals surface area contributed by atoms with Gasteiger partial charge < -0.3 is 16.0 Å². The zero-order valence-electron chi connectivity index (χ0n) is 7.96. The van der Waals surface area contributed by atoms with Crippen LogP contribution in [0.1, 0.15) is 0 Å². The van der Waals surface area contributed by atoms with Crippen LogP contribution in [0.5, 0.6) is 0 Å². The summed E-state index contributed by atoms with van der Waals surface area (Å²) in [4.78, 5) is 2.13. The quantitative estimate of drug-likeness (QED) is 0.652. The van der Waals surface area contributed by atoms with Gasteiger partial charge in [0.1, 0.15) is 5.82 Å². The summed E-state index contributed by atoms with van der Waals surface area (Å²) in [5.41, 5.74) is 6.95. The topological polar surface area (TPSA) is 41.3 Å². The second kappa shape index (κ2) is 3.84. The summed E-state index contributed by atoms with van der Waals surface area (Å²) in [5.74, 6) is -0.265. The molecular formula is C10H14FN3. The largest absolute Gasteiger partial charge is 0.399 e. The van der Waals surface area contributed by atoms with E-state index in [2.05, 4.69) is 10.2 Å². The van der Waals surface area contributed by atoms with Crippen molar-refractivity contribution >= 4 is 11.4 Å².